The van der Waals surface area contributed by atoms with E-state index < -0.39 is 12.1 Å². The smallest absolute Gasteiger partial charge is 0.407 e. The number of carboxylic acid groups (broad SMARTS) is 1. The Labute approximate surface area is 343 Å². The van der Waals surface area contributed by atoms with Gasteiger partial charge >= 0.3 is 18.1 Å². The highest BCUT2D eigenvalue weighted by Crippen LogP contribution is 2.44. The molecule has 0 aromatic heterocycles. The number of benzene rings is 2. The van der Waals surface area contributed by atoms with Gasteiger partial charge < -0.3 is 55.0 Å². The lowest BCUT2D eigenvalue weighted by Crippen LogP contribution is -2.40. The second kappa shape index (κ2) is 24.5. The molecule has 318 valence electrons. The minimum Gasteiger partial charge on any atom is -0.481 e. The molecule has 0 bridgehead atoms. The SMILES string of the molecule is O=C(O)CCN(CCNC(=O)OCC1c2ccccc2-c2ccccc21)C(=O)CCOCCOCCOCCOCCNC(=O)CCCC[C@@H]1SC[C@H]2NC(=O)N[C@@H]12. The van der Waals surface area contributed by atoms with Crippen LogP contribution < -0.4 is 21.3 Å². The van der Waals surface area contributed by atoms with Gasteiger partial charge in [0.15, 0.2) is 0 Å². The van der Waals surface area contributed by atoms with Gasteiger partial charge in [0.2, 0.25) is 11.8 Å². The van der Waals surface area contributed by atoms with Gasteiger partial charge in [-0.25, -0.2) is 9.59 Å². The third-order valence-electron chi connectivity index (χ3n) is 10.2. The lowest BCUT2D eigenvalue weighted by atomic mass is 9.98. The van der Waals surface area contributed by atoms with Crippen molar-refractivity contribution in [2.45, 2.75) is 61.8 Å². The number of nitrogens with one attached hydrogen (secondary N) is 4. The summed E-state index contributed by atoms with van der Waals surface area (Å²) in [5.41, 5.74) is 4.48. The number of alkyl carbamates (subject to hydrolysis) is 1. The molecule has 58 heavy (non-hydrogen) atoms. The van der Waals surface area contributed by atoms with Gasteiger partial charge in [-0.05, 0) is 35.1 Å². The maximum Gasteiger partial charge on any atom is 0.407 e. The molecule has 2 aliphatic heterocycles. The normalized spacial score (nSPS) is 17.8. The molecule has 3 aliphatic rings. The number of nitrogens with zero attached hydrogens (tertiary/aromatic N) is 1. The van der Waals surface area contributed by atoms with Crippen LogP contribution in [0.3, 0.4) is 0 Å². The van der Waals surface area contributed by atoms with Gasteiger partial charge in [0.25, 0.3) is 0 Å². The summed E-state index contributed by atoms with van der Waals surface area (Å²) in [5, 5.41) is 21.1. The zero-order valence-corrected chi connectivity index (χ0v) is 33.8. The van der Waals surface area contributed by atoms with Crippen LogP contribution in [0.2, 0.25) is 0 Å². The van der Waals surface area contributed by atoms with Crippen molar-refractivity contribution in [2.75, 3.05) is 91.4 Å². The van der Waals surface area contributed by atoms with Gasteiger partial charge in [-0.3, -0.25) is 14.4 Å². The molecule has 2 aromatic rings. The number of hydrogen-bond acceptors (Lipinski definition) is 11. The van der Waals surface area contributed by atoms with Gasteiger partial charge in [0.1, 0.15) is 6.61 Å². The molecule has 16 nitrogen and oxygen atoms in total. The fraction of sp³-hybridized carbons (Fsp3) is 0.585. The number of carboxylic acids is 1. The number of unbranched alkanes of at least 4 members (excludes halogenated alkanes) is 1. The van der Waals surface area contributed by atoms with Crippen molar-refractivity contribution in [1.29, 1.82) is 0 Å². The zero-order chi connectivity index (χ0) is 41.0. The Morgan fingerprint density at radius 3 is 2.05 bits per heavy atom. The van der Waals surface area contributed by atoms with Crippen LogP contribution in [0.5, 0.6) is 0 Å². The maximum absolute atomic E-state index is 12.9. The van der Waals surface area contributed by atoms with Crippen LogP contribution in [0, 0.1) is 0 Å². The Morgan fingerprint density at radius 1 is 0.741 bits per heavy atom. The predicted molar refractivity (Wildman–Crippen MR) is 217 cm³/mol. The summed E-state index contributed by atoms with van der Waals surface area (Å²) < 4.78 is 27.6. The predicted octanol–water partition coefficient (Wildman–Crippen LogP) is 3.13. The number of rotatable bonds is 28. The van der Waals surface area contributed by atoms with E-state index in [1.807, 2.05) is 48.2 Å². The molecule has 2 saturated heterocycles. The van der Waals surface area contributed by atoms with E-state index in [2.05, 4.69) is 33.4 Å². The molecule has 5 rings (SSSR count). The van der Waals surface area contributed by atoms with Crippen LogP contribution in [0.25, 0.3) is 11.1 Å². The molecular formula is C41H57N5O11S. The first-order valence-corrected chi connectivity index (χ1v) is 21.2. The number of urea groups is 1. The summed E-state index contributed by atoms with van der Waals surface area (Å²) >= 11 is 1.88. The molecule has 0 unspecified atom stereocenters. The van der Waals surface area contributed by atoms with Crippen LogP contribution in [-0.4, -0.2) is 149 Å². The number of carbonyl (C=O) groups excluding carboxylic acids is 4. The van der Waals surface area contributed by atoms with Gasteiger partial charge in [0, 0.05) is 49.5 Å². The van der Waals surface area contributed by atoms with E-state index in [9.17, 15) is 24.0 Å². The van der Waals surface area contributed by atoms with E-state index in [1.54, 1.807) is 0 Å². The van der Waals surface area contributed by atoms with E-state index in [-0.39, 0.29) is 88.1 Å². The van der Waals surface area contributed by atoms with Crippen LogP contribution in [0.1, 0.15) is 55.6 Å². The second-order valence-corrected chi connectivity index (χ2v) is 15.5. The molecule has 17 heteroatoms. The highest BCUT2D eigenvalue weighted by molar-refractivity contribution is 8.00. The van der Waals surface area contributed by atoms with Gasteiger partial charge in [-0.2, -0.15) is 11.8 Å². The molecule has 2 aromatic carbocycles. The number of ether oxygens (including phenoxy) is 5. The van der Waals surface area contributed by atoms with Crippen molar-refractivity contribution < 1.29 is 52.8 Å². The molecular weight excluding hydrogens is 771 g/mol. The average Bonchev–Trinajstić information content (AvgIpc) is 3.88. The summed E-state index contributed by atoms with van der Waals surface area (Å²) in [6.07, 6.45) is 2.45. The highest BCUT2D eigenvalue weighted by atomic mass is 32.2. The number of amides is 5. The standard InChI is InChI=1S/C41H57N5O11S/c47-36(12-6-5-11-35-39-34(28-58-35)44-40(51)45-39)42-16-20-54-22-24-56-26-25-55-23-21-53-19-14-37(48)46(17-13-38(49)50)18-15-43-41(52)57-27-33-31-9-3-1-7-29(31)30-8-2-4-10-32(30)33/h1-4,7-10,33-35,39H,5-6,11-28H2,(H,42,47)(H,43,52)(H,49,50)(H2,44,45,51)/t34-,35+,39-/m1/s1. The third kappa shape index (κ3) is 14.4. The van der Waals surface area contributed by atoms with E-state index in [4.69, 9.17) is 28.8 Å². The van der Waals surface area contributed by atoms with Crippen molar-refractivity contribution >= 4 is 41.7 Å². The Hall–Kier alpha value is -4.42. The summed E-state index contributed by atoms with van der Waals surface area (Å²) in [5.74, 6) is -0.428. The largest absolute Gasteiger partial charge is 0.481 e. The topological polar surface area (TPSA) is 203 Å². The van der Waals surface area contributed by atoms with Crippen molar-refractivity contribution in [3.8, 4) is 11.1 Å². The van der Waals surface area contributed by atoms with E-state index >= 15 is 0 Å². The first-order chi connectivity index (χ1) is 28.3. The number of thioether (sulfide) groups is 1. The second-order valence-electron chi connectivity index (χ2n) is 14.2. The summed E-state index contributed by atoms with van der Waals surface area (Å²) in [7, 11) is 0. The quantitative estimate of drug-likeness (QED) is 0.0621. The van der Waals surface area contributed by atoms with Crippen LogP contribution >= 0.6 is 11.8 Å². The van der Waals surface area contributed by atoms with E-state index in [0.29, 0.717) is 57.9 Å². The Kier molecular flexibility index (Phi) is 18.9. The number of carbonyl (C=O) groups is 5. The monoisotopic (exact) mass is 827 g/mol. The maximum atomic E-state index is 12.9. The zero-order valence-electron chi connectivity index (χ0n) is 33.0. The summed E-state index contributed by atoms with van der Waals surface area (Å²) in [6.45, 7) is 3.52. The Balaban J connectivity index is 0.812. The first kappa shape index (κ1) is 44.7. The molecule has 2 heterocycles. The molecule has 1 aliphatic carbocycles. The molecule has 0 spiro atoms. The molecule has 5 N–H and O–H groups in total. The van der Waals surface area contributed by atoms with E-state index in [0.717, 1.165) is 47.3 Å². The lowest BCUT2D eigenvalue weighted by molar-refractivity contribution is -0.138. The Bertz CT molecular complexity index is 1610. The van der Waals surface area contributed by atoms with Crippen molar-refractivity contribution in [1.82, 2.24) is 26.2 Å². The Morgan fingerprint density at radius 2 is 1.38 bits per heavy atom. The number of hydrogen-bond donors (Lipinski definition) is 5. The van der Waals surface area contributed by atoms with Gasteiger partial charge in [-0.15, -0.1) is 0 Å². The van der Waals surface area contributed by atoms with Crippen molar-refractivity contribution in [3.63, 3.8) is 0 Å². The van der Waals surface area contributed by atoms with Gasteiger partial charge in [0.05, 0.1) is 77.8 Å². The van der Waals surface area contributed by atoms with E-state index in [1.165, 1.54) is 4.90 Å². The summed E-state index contributed by atoms with van der Waals surface area (Å²) in [4.78, 5) is 61.6. The van der Waals surface area contributed by atoms with Crippen LogP contribution in [-0.2, 0) is 38.1 Å². The number of fused-ring (bicyclic) bond motifs is 4. The van der Waals surface area contributed by atoms with Gasteiger partial charge in [-0.1, -0.05) is 55.0 Å². The highest BCUT2D eigenvalue weighted by Gasteiger charge is 2.42. The van der Waals surface area contributed by atoms with Crippen molar-refractivity contribution in [3.05, 3.63) is 59.7 Å². The minimum absolute atomic E-state index is 0.00927. The first-order valence-electron chi connectivity index (χ1n) is 20.1. The van der Waals surface area contributed by atoms with Crippen molar-refractivity contribution in [2.24, 2.45) is 0 Å². The average molecular weight is 828 g/mol. The molecule has 0 radical (unpaired) electrons. The van der Waals surface area contributed by atoms with Crippen LogP contribution in [0.15, 0.2) is 48.5 Å². The molecule has 0 saturated carbocycles. The molecule has 2 fully saturated rings. The fourth-order valence-corrected chi connectivity index (χ4v) is 8.78. The lowest BCUT2D eigenvalue weighted by Gasteiger charge is -2.22. The third-order valence-corrected chi connectivity index (χ3v) is 11.7. The summed E-state index contributed by atoms with van der Waals surface area (Å²) in [6, 6.07) is 16.5. The molecule has 3 atom stereocenters. The van der Waals surface area contributed by atoms with Crippen LogP contribution in [0.4, 0.5) is 9.59 Å². The fourth-order valence-electron chi connectivity index (χ4n) is 7.24. The minimum atomic E-state index is -1.02. The number of aliphatic carboxylic acids is 1. The molecule has 5 amide bonds.